The first kappa shape index (κ1) is 18.9. The van der Waals surface area contributed by atoms with Crippen molar-refractivity contribution in [1.29, 1.82) is 0 Å². The molecule has 2 aromatic carbocycles. The molecule has 1 fully saturated rings. The molecule has 1 aromatic heterocycles. The van der Waals surface area contributed by atoms with E-state index in [1.54, 1.807) is 12.1 Å². The van der Waals surface area contributed by atoms with Crippen molar-refractivity contribution in [3.8, 4) is 11.3 Å². The molecule has 1 unspecified atom stereocenters. The molecule has 6 nitrogen and oxygen atoms in total. The monoisotopic (exact) mass is 397 g/mol. The summed E-state index contributed by atoms with van der Waals surface area (Å²) >= 11 is 0. The van der Waals surface area contributed by atoms with Crippen molar-refractivity contribution in [1.82, 2.24) is 14.9 Å². The summed E-state index contributed by atoms with van der Waals surface area (Å²) in [6.45, 7) is 2.74. The molecule has 4 rings (SSSR count). The van der Waals surface area contributed by atoms with E-state index < -0.39 is 9.84 Å². The highest BCUT2D eigenvalue weighted by Gasteiger charge is 2.27. The molecule has 0 spiro atoms. The summed E-state index contributed by atoms with van der Waals surface area (Å²) in [5.41, 5.74) is 3.15. The van der Waals surface area contributed by atoms with Crippen LogP contribution in [0.15, 0.2) is 65.7 Å². The minimum absolute atomic E-state index is 0.0285. The normalized spacial score (nSPS) is 18.2. The molecular formula is C21H23N3O3S. The Labute approximate surface area is 165 Å². The van der Waals surface area contributed by atoms with Gasteiger partial charge in [0.1, 0.15) is 5.82 Å². The fourth-order valence-electron chi connectivity index (χ4n) is 3.43. The van der Waals surface area contributed by atoms with Crippen LogP contribution in [0.25, 0.3) is 11.3 Å². The molecule has 28 heavy (non-hydrogen) atoms. The maximum Gasteiger partial charge on any atom is 0.175 e. The average Bonchev–Trinajstić information content (AvgIpc) is 3.19. The molecule has 1 saturated heterocycles. The summed E-state index contributed by atoms with van der Waals surface area (Å²) in [5, 5.41) is 0. The summed E-state index contributed by atoms with van der Waals surface area (Å²) in [7, 11) is -3.18. The fraction of sp³-hybridized carbons (Fsp3) is 0.286. The van der Waals surface area contributed by atoms with Crippen LogP contribution in [0.2, 0.25) is 0 Å². The maximum absolute atomic E-state index is 11.7. The highest BCUT2D eigenvalue weighted by Crippen LogP contribution is 2.26. The zero-order chi connectivity index (χ0) is 19.6. The standard InChI is InChI=1S/C21H23N3O3S/c1-28(25,26)18-9-7-16(8-10-18)14-24-11-12-27-15-20(24)21-22-13-19(23-21)17-5-3-2-4-6-17/h2-10,13,20H,11-12,14-15H2,1H3,(H,22,23). The van der Waals surface area contributed by atoms with E-state index in [1.165, 1.54) is 6.26 Å². The van der Waals surface area contributed by atoms with Crippen LogP contribution in [-0.4, -0.2) is 49.3 Å². The first-order valence-electron chi connectivity index (χ1n) is 9.22. The van der Waals surface area contributed by atoms with Gasteiger partial charge in [-0.05, 0) is 23.3 Å². The Kier molecular flexibility index (Phi) is 5.30. The number of aromatic nitrogens is 2. The number of hydrogen-bond donors (Lipinski definition) is 1. The van der Waals surface area contributed by atoms with Crippen molar-refractivity contribution in [3.05, 3.63) is 72.2 Å². The number of H-pyrrole nitrogens is 1. The molecule has 2 heterocycles. The van der Waals surface area contributed by atoms with Gasteiger partial charge in [0.2, 0.25) is 0 Å². The van der Waals surface area contributed by atoms with Crippen molar-refractivity contribution in [3.63, 3.8) is 0 Å². The second-order valence-electron chi connectivity index (χ2n) is 7.03. The molecule has 1 atom stereocenters. The molecule has 0 bridgehead atoms. The predicted molar refractivity (Wildman–Crippen MR) is 108 cm³/mol. The van der Waals surface area contributed by atoms with E-state index in [-0.39, 0.29) is 6.04 Å². The van der Waals surface area contributed by atoms with Crippen molar-refractivity contribution < 1.29 is 13.2 Å². The van der Waals surface area contributed by atoms with E-state index in [9.17, 15) is 8.42 Å². The number of hydrogen-bond acceptors (Lipinski definition) is 5. The quantitative estimate of drug-likeness (QED) is 0.716. The van der Waals surface area contributed by atoms with Crippen LogP contribution in [0.1, 0.15) is 17.4 Å². The van der Waals surface area contributed by atoms with E-state index in [2.05, 4.69) is 27.0 Å². The van der Waals surface area contributed by atoms with Crippen molar-refractivity contribution in [2.45, 2.75) is 17.5 Å². The lowest BCUT2D eigenvalue weighted by Crippen LogP contribution is -2.39. The maximum atomic E-state index is 11.7. The second kappa shape index (κ2) is 7.87. The second-order valence-corrected chi connectivity index (χ2v) is 9.04. The summed E-state index contributed by atoms with van der Waals surface area (Å²) < 4.78 is 29.0. The Hall–Kier alpha value is -2.48. The smallest absolute Gasteiger partial charge is 0.175 e. The Balaban J connectivity index is 1.53. The molecule has 1 aliphatic rings. The molecule has 1 aliphatic heterocycles. The number of aromatic amines is 1. The largest absolute Gasteiger partial charge is 0.378 e. The lowest BCUT2D eigenvalue weighted by atomic mass is 10.1. The van der Waals surface area contributed by atoms with Crippen molar-refractivity contribution in [2.24, 2.45) is 0 Å². The third-order valence-corrected chi connectivity index (χ3v) is 6.10. The summed E-state index contributed by atoms with van der Waals surface area (Å²) in [6, 6.07) is 17.2. The third-order valence-electron chi connectivity index (χ3n) is 4.97. The molecule has 1 N–H and O–H groups in total. The third kappa shape index (κ3) is 4.16. The molecule has 0 aliphatic carbocycles. The van der Waals surface area contributed by atoms with Crippen LogP contribution in [0.5, 0.6) is 0 Å². The van der Waals surface area contributed by atoms with E-state index in [0.29, 0.717) is 24.7 Å². The summed E-state index contributed by atoms with van der Waals surface area (Å²) in [5.74, 6) is 0.881. The number of nitrogens with zero attached hydrogens (tertiary/aromatic N) is 2. The molecule has 0 saturated carbocycles. The Morgan fingerprint density at radius 3 is 2.61 bits per heavy atom. The van der Waals surface area contributed by atoms with Crippen LogP contribution < -0.4 is 0 Å². The van der Waals surface area contributed by atoms with Crippen molar-refractivity contribution >= 4 is 9.84 Å². The van der Waals surface area contributed by atoms with Gasteiger partial charge in [0.15, 0.2) is 9.84 Å². The molecule has 3 aromatic rings. The van der Waals surface area contributed by atoms with Crippen LogP contribution >= 0.6 is 0 Å². The minimum Gasteiger partial charge on any atom is -0.378 e. The van der Waals surface area contributed by atoms with E-state index in [4.69, 9.17) is 4.74 Å². The van der Waals surface area contributed by atoms with Gasteiger partial charge in [0.05, 0.1) is 36.0 Å². The molecular weight excluding hydrogens is 374 g/mol. The van der Waals surface area contributed by atoms with Gasteiger partial charge in [0, 0.05) is 19.3 Å². The summed E-state index contributed by atoms with van der Waals surface area (Å²) in [6.07, 6.45) is 3.08. The van der Waals surface area contributed by atoms with Gasteiger partial charge in [-0.15, -0.1) is 0 Å². The van der Waals surface area contributed by atoms with Gasteiger partial charge in [-0.1, -0.05) is 42.5 Å². The molecule has 146 valence electrons. The van der Waals surface area contributed by atoms with E-state index >= 15 is 0 Å². The first-order chi connectivity index (χ1) is 13.5. The molecule has 7 heteroatoms. The zero-order valence-electron chi connectivity index (χ0n) is 15.7. The number of ether oxygens (including phenoxy) is 1. The van der Waals surface area contributed by atoms with Gasteiger partial charge in [-0.2, -0.15) is 0 Å². The van der Waals surface area contributed by atoms with E-state index in [1.807, 2.05) is 36.5 Å². The van der Waals surface area contributed by atoms with Gasteiger partial charge in [-0.25, -0.2) is 13.4 Å². The van der Waals surface area contributed by atoms with Gasteiger partial charge < -0.3 is 9.72 Å². The van der Waals surface area contributed by atoms with Gasteiger partial charge in [0.25, 0.3) is 0 Å². The number of morpholine rings is 1. The van der Waals surface area contributed by atoms with Crippen LogP contribution in [0.3, 0.4) is 0 Å². The van der Waals surface area contributed by atoms with Crippen LogP contribution in [-0.2, 0) is 21.1 Å². The SMILES string of the molecule is CS(=O)(=O)c1ccc(CN2CCOCC2c2ncc(-c3ccccc3)[nH]2)cc1. The molecule has 0 radical (unpaired) electrons. The topological polar surface area (TPSA) is 75.3 Å². The Morgan fingerprint density at radius 2 is 1.89 bits per heavy atom. The van der Waals surface area contributed by atoms with Crippen molar-refractivity contribution in [2.75, 3.05) is 26.0 Å². The minimum atomic E-state index is -3.18. The van der Waals surface area contributed by atoms with Gasteiger partial charge >= 0.3 is 0 Å². The zero-order valence-corrected chi connectivity index (χ0v) is 16.5. The lowest BCUT2D eigenvalue weighted by molar-refractivity contribution is -0.0156. The number of rotatable bonds is 5. The highest BCUT2D eigenvalue weighted by molar-refractivity contribution is 7.90. The first-order valence-corrected chi connectivity index (χ1v) is 11.1. The molecule has 0 amide bonds. The fourth-order valence-corrected chi connectivity index (χ4v) is 4.06. The van der Waals surface area contributed by atoms with E-state index in [0.717, 1.165) is 29.2 Å². The Bertz CT molecular complexity index is 1030. The van der Waals surface area contributed by atoms with Gasteiger partial charge in [-0.3, -0.25) is 4.90 Å². The Morgan fingerprint density at radius 1 is 1.14 bits per heavy atom. The number of benzene rings is 2. The number of nitrogens with one attached hydrogen (secondary N) is 1. The number of imidazole rings is 1. The lowest BCUT2D eigenvalue weighted by Gasteiger charge is -2.34. The highest BCUT2D eigenvalue weighted by atomic mass is 32.2. The number of sulfone groups is 1. The van der Waals surface area contributed by atoms with Crippen LogP contribution in [0.4, 0.5) is 0 Å². The average molecular weight is 398 g/mol. The van der Waals surface area contributed by atoms with Crippen LogP contribution in [0, 0.1) is 0 Å². The predicted octanol–water partition coefficient (Wildman–Crippen LogP) is 3.05. The summed E-state index contributed by atoms with van der Waals surface area (Å²) in [4.78, 5) is 10.7.